The second kappa shape index (κ2) is 5.20. The lowest BCUT2D eigenvalue weighted by Crippen LogP contribution is -2.37. The van der Waals surface area contributed by atoms with E-state index in [4.69, 9.17) is 0 Å². The number of benzene rings is 1. The molecule has 0 bridgehead atoms. The van der Waals surface area contributed by atoms with Gasteiger partial charge >= 0.3 is 0 Å². The Balaban J connectivity index is 2.28. The number of nitrogens with one attached hydrogen (secondary N) is 1. The monoisotopic (exact) mass is 277 g/mol. The summed E-state index contributed by atoms with van der Waals surface area (Å²) >= 11 is 0. The van der Waals surface area contributed by atoms with Gasteiger partial charge in [-0.05, 0) is 11.0 Å². The van der Waals surface area contributed by atoms with E-state index in [0.717, 1.165) is 5.56 Å². The predicted molar refractivity (Wildman–Crippen MR) is 75.0 cm³/mol. The molecule has 1 amide bonds. The zero-order valence-electron chi connectivity index (χ0n) is 11.9. The van der Waals surface area contributed by atoms with Crippen molar-refractivity contribution in [3.63, 3.8) is 0 Å². The SMILES string of the molecule is CC(C)(C)CN1C(=O)CNC1c1cccc([N+](=O)[O-])c1. The number of rotatable bonds is 3. The van der Waals surface area contributed by atoms with Crippen molar-refractivity contribution in [3.05, 3.63) is 39.9 Å². The number of nitro groups is 1. The standard InChI is InChI=1S/C14H19N3O3/c1-14(2,3)9-16-12(18)8-15-13(16)10-5-4-6-11(7-10)17(19)20/h4-7,13,15H,8-9H2,1-3H3. The molecule has 0 saturated carbocycles. The molecule has 1 N–H and O–H groups in total. The highest BCUT2D eigenvalue weighted by Gasteiger charge is 2.34. The molecule has 1 fully saturated rings. The maximum Gasteiger partial charge on any atom is 0.269 e. The first-order valence-corrected chi connectivity index (χ1v) is 6.55. The largest absolute Gasteiger partial charge is 0.321 e. The number of hydrogen-bond acceptors (Lipinski definition) is 4. The fourth-order valence-corrected chi connectivity index (χ4v) is 2.34. The highest BCUT2D eigenvalue weighted by Crippen LogP contribution is 2.28. The molecule has 20 heavy (non-hydrogen) atoms. The number of nitro benzene ring substituents is 1. The maximum atomic E-state index is 12.0. The average Bonchev–Trinajstić information content (AvgIpc) is 2.69. The molecular formula is C14H19N3O3. The number of carbonyl (C=O) groups is 1. The second-order valence-electron chi connectivity index (χ2n) is 6.22. The third-order valence-electron chi connectivity index (χ3n) is 3.12. The summed E-state index contributed by atoms with van der Waals surface area (Å²) in [7, 11) is 0. The van der Waals surface area contributed by atoms with Gasteiger partial charge in [-0.3, -0.25) is 20.2 Å². The molecule has 6 nitrogen and oxygen atoms in total. The van der Waals surface area contributed by atoms with Crippen molar-refractivity contribution in [1.29, 1.82) is 0 Å². The van der Waals surface area contributed by atoms with Gasteiger partial charge in [-0.1, -0.05) is 32.9 Å². The van der Waals surface area contributed by atoms with Crippen LogP contribution in [0, 0.1) is 15.5 Å². The fourth-order valence-electron chi connectivity index (χ4n) is 2.34. The van der Waals surface area contributed by atoms with E-state index in [9.17, 15) is 14.9 Å². The van der Waals surface area contributed by atoms with E-state index in [1.165, 1.54) is 12.1 Å². The second-order valence-corrected chi connectivity index (χ2v) is 6.22. The van der Waals surface area contributed by atoms with Crippen LogP contribution in [-0.2, 0) is 4.79 Å². The summed E-state index contributed by atoms with van der Waals surface area (Å²) in [4.78, 5) is 24.2. The Morgan fingerprint density at radius 1 is 1.45 bits per heavy atom. The molecule has 1 aliphatic heterocycles. The Kier molecular flexibility index (Phi) is 3.76. The maximum absolute atomic E-state index is 12.0. The number of nitrogens with zero attached hydrogens (tertiary/aromatic N) is 2. The van der Waals surface area contributed by atoms with E-state index >= 15 is 0 Å². The van der Waals surface area contributed by atoms with Crippen LogP contribution in [-0.4, -0.2) is 28.8 Å². The summed E-state index contributed by atoms with van der Waals surface area (Å²) in [5.41, 5.74) is 0.759. The van der Waals surface area contributed by atoms with Crippen molar-refractivity contribution >= 4 is 11.6 Å². The van der Waals surface area contributed by atoms with Crippen molar-refractivity contribution in [1.82, 2.24) is 10.2 Å². The molecule has 1 unspecified atom stereocenters. The van der Waals surface area contributed by atoms with Crippen LogP contribution in [0.3, 0.4) is 0 Å². The van der Waals surface area contributed by atoms with Gasteiger partial charge in [0.05, 0.1) is 11.5 Å². The number of hydrogen-bond donors (Lipinski definition) is 1. The first kappa shape index (κ1) is 14.5. The Morgan fingerprint density at radius 3 is 2.75 bits per heavy atom. The van der Waals surface area contributed by atoms with E-state index < -0.39 is 4.92 Å². The molecule has 1 aliphatic rings. The zero-order valence-corrected chi connectivity index (χ0v) is 11.9. The molecule has 1 heterocycles. The summed E-state index contributed by atoms with van der Waals surface area (Å²) < 4.78 is 0. The molecule has 0 aromatic heterocycles. The van der Waals surface area contributed by atoms with Crippen molar-refractivity contribution in [2.75, 3.05) is 13.1 Å². The molecule has 1 saturated heterocycles. The summed E-state index contributed by atoms with van der Waals surface area (Å²) in [5, 5.41) is 14.0. The van der Waals surface area contributed by atoms with E-state index in [1.54, 1.807) is 17.0 Å². The molecule has 1 atom stereocenters. The van der Waals surface area contributed by atoms with Gasteiger partial charge in [-0.25, -0.2) is 0 Å². The van der Waals surface area contributed by atoms with Gasteiger partial charge in [0.1, 0.15) is 6.17 Å². The van der Waals surface area contributed by atoms with Gasteiger partial charge < -0.3 is 4.90 Å². The Hall–Kier alpha value is -1.95. The van der Waals surface area contributed by atoms with Crippen molar-refractivity contribution in [2.24, 2.45) is 5.41 Å². The smallest absolute Gasteiger partial charge is 0.269 e. The van der Waals surface area contributed by atoms with Crippen molar-refractivity contribution in [2.45, 2.75) is 26.9 Å². The van der Waals surface area contributed by atoms with Crippen LogP contribution in [0.25, 0.3) is 0 Å². The zero-order chi connectivity index (χ0) is 14.9. The van der Waals surface area contributed by atoms with Crippen LogP contribution in [0.15, 0.2) is 24.3 Å². The lowest BCUT2D eigenvalue weighted by atomic mass is 9.95. The third-order valence-corrected chi connectivity index (χ3v) is 3.12. The quantitative estimate of drug-likeness (QED) is 0.678. The number of carbonyl (C=O) groups excluding carboxylic acids is 1. The van der Waals surface area contributed by atoms with Gasteiger partial charge in [0.2, 0.25) is 5.91 Å². The summed E-state index contributed by atoms with van der Waals surface area (Å²) in [5.74, 6) is 0.0245. The number of non-ortho nitro benzene ring substituents is 1. The van der Waals surface area contributed by atoms with Gasteiger partial charge in [-0.15, -0.1) is 0 Å². The van der Waals surface area contributed by atoms with E-state index in [1.807, 2.05) is 0 Å². The van der Waals surface area contributed by atoms with Crippen LogP contribution >= 0.6 is 0 Å². The van der Waals surface area contributed by atoms with E-state index in [2.05, 4.69) is 26.1 Å². The lowest BCUT2D eigenvalue weighted by Gasteiger charge is -2.31. The molecule has 0 spiro atoms. The molecule has 2 rings (SSSR count). The minimum absolute atomic E-state index is 0.0245. The minimum Gasteiger partial charge on any atom is -0.321 e. The molecule has 0 radical (unpaired) electrons. The van der Waals surface area contributed by atoms with Gasteiger partial charge in [0.15, 0.2) is 0 Å². The van der Waals surface area contributed by atoms with Crippen LogP contribution < -0.4 is 5.32 Å². The van der Waals surface area contributed by atoms with Crippen LogP contribution in [0.2, 0.25) is 0 Å². The topological polar surface area (TPSA) is 75.5 Å². The highest BCUT2D eigenvalue weighted by molar-refractivity contribution is 5.81. The first-order chi connectivity index (χ1) is 9.28. The fraction of sp³-hybridized carbons (Fsp3) is 0.500. The molecule has 0 aliphatic carbocycles. The molecule has 1 aromatic carbocycles. The third kappa shape index (κ3) is 3.14. The van der Waals surface area contributed by atoms with Crippen molar-refractivity contribution in [3.8, 4) is 0 Å². The van der Waals surface area contributed by atoms with Crippen LogP contribution in [0.5, 0.6) is 0 Å². The van der Waals surface area contributed by atoms with Crippen LogP contribution in [0.4, 0.5) is 5.69 Å². The normalized spacial score (nSPS) is 19.4. The van der Waals surface area contributed by atoms with Gasteiger partial charge in [0, 0.05) is 18.7 Å². The number of amides is 1. The molecule has 1 aromatic rings. The Morgan fingerprint density at radius 2 is 2.15 bits per heavy atom. The average molecular weight is 277 g/mol. The predicted octanol–water partition coefficient (Wildman–Crippen LogP) is 2.07. The Bertz CT molecular complexity index is 537. The Labute approximate surface area is 117 Å². The van der Waals surface area contributed by atoms with E-state index in [0.29, 0.717) is 6.54 Å². The van der Waals surface area contributed by atoms with Crippen LogP contribution in [0.1, 0.15) is 32.5 Å². The molecular weight excluding hydrogens is 258 g/mol. The van der Waals surface area contributed by atoms with Gasteiger partial charge in [-0.2, -0.15) is 0 Å². The first-order valence-electron chi connectivity index (χ1n) is 6.55. The minimum atomic E-state index is -0.422. The summed E-state index contributed by atoms with van der Waals surface area (Å²) in [6, 6.07) is 6.42. The molecule has 108 valence electrons. The summed E-state index contributed by atoms with van der Waals surface area (Å²) in [6.07, 6.45) is -0.290. The van der Waals surface area contributed by atoms with Crippen molar-refractivity contribution < 1.29 is 9.72 Å². The lowest BCUT2D eigenvalue weighted by molar-refractivity contribution is -0.385. The van der Waals surface area contributed by atoms with E-state index in [-0.39, 0.29) is 29.7 Å². The van der Waals surface area contributed by atoms with Gasteiger partial charge in [0.25, 0.3) is 5.69 Å². The highest BCUT2D eigenvalue weighted by atomic mass is 16.6. The summed E-state index contributed by atoms with van der Waals surface area (Å²) in [6.45, 7) is 7.05. The molecule has 6 heteroatoms.